The summed E-state index contributed by atoms with van der Waals surface area (Å²) in [5, 5.41) is -0.422. The van der Waals surface area contributed by atoms with Crippen LogP contribution in [0.25, 0.3) is 11.1 Å². The van der Waals surface area contributed by atoms with E-state index >= 15 is 0 Å². The Morgan fingerprint density at radius 3 is 1.79 bits per heavy atom. The van der Waals surface area contributed by atoms with Crippen LogP contribution in [0, 0.1) is 0 Å². The smallest absolute Gasteiger partial charge is 0.253 e. The summed E-state index contributed by atoms with van der Waals surface area (Å²) in [7, 11) is 0. The SMILES string of the molecule is CC.CC.O=C(Cl)c1ccccc1-c1ccccc1. The van der Waals surface area contributed by atoms with Gasteiger partial charge in [0, 0.05) is 5.56 Å². The molecule has 102 valence electrons. The van der Waals surface area contributed by atoms with Gasteiger partial charge in [0.25, 0.3) is 5.24 Å². The van der Waals surface area contributed by atoms with Crippen LogP contribution in [-0.2, 0) is 0 Å². The van der Waals surface area contributed by atoms with E-state index in [1.165, 1.54) is 0 Å². The molecule has 0 saturated heterocycles. The van der Waals surface area contributed by atoms with Crippen molar-refractivity contribution in [3.05, 3.63) is 60.2 Å². The average molecular weight is 277 g/mol. The monoisotopic (exact) mass is 276 g/mol. The molecule has 0 fully saturated rings. The third-order valence-corrected chi connectivity index (χ3v) is 2.43. The first-order valence-corrected chi connectivity index (χ1v) is 7.01. The molecule has 0 aliphatic carbocycles. The molecule has 2 heteroatoms. The number of carbonyl (C=O) groups is 1. The lowest BCUT2D eigenvalue weighted by Gasteiger charge is -2.05. The summed E-state index contributed by atoms with van der Waals surface area (Å²) in [5.41, 5.74) is 2.42. The van der Waals surface area contributed by atoms with Crippen LogP contribution in [0.1, 0.15) is 38.1 Å². The van der Waals surface area contributed by atoms with Crippen molar-refractivity contribution in [3.63, 3.8) is 0 Å². The van der Waals surface area contributed by atoms with E-state index < -0.39 is 5.24 Å². The standard InChI is InChI=1S/C13H9ClO.2C2H6/c14-13(15)12-9-5-4-8-11(12)10-6-2-1-3-7-10;2*1-2/h1-9H;2*1-2H3. The molecule has 0 aliphatic rings. The van der Waals surface area contributed by atoms with Gasteiger partial charge in [0.1, 0.15) is 0 Å². The van der Waals surface area contributed by atoms with Gasteiger partial charge in [-0.1, -0.05) is 76.2 Å². The molecule has 0 radical (unpaired) electrons. The maximum atomic E-state index is 11.2. The number of carbonyl (C=O) groups excluding carboxylic acids is 1. The van der Waals surface area contributed by atoms with Gasteiger partial charge in [0.05, 0.1) is 0 Å². The molecular weight excluding hydrogens is 256 g/mol. The summed E-state index contributed by atoms with van der Waals surface area (Å²) in [6, 6.07) is 17.1. The Bertz CT molecular complexity index is 478. The van der Waals surface area contributed by atoms with E-state index in [9.17, 15) is 4.79 Å². The van der Waals surface area contributed by atoms with E-state index in [1.807, 2.05) is 76.2 Å². The van der Waals surface area contributed by atoms with Crippen molar-refractivity contribution in [1.29, 1.82) is 0 Å². The molecule has 1 nitrogen and oxygen atoms in total. The molecule has 2 aromatic carbocycles. The topological polar surface area (TPSA) is 17.1 Å². The second-order valence-electron chi connectivity index (χ2n) is 3.19. The molecule has 0 bridgehead atoms. The third kappa shape index (κ3) is 5.27. The minimum absolute atomic E-state index is 0.422. The number of hydrogen-bond donors (Lipinski definition) is 0. The number of rotatable bonds is 2. The van der Waals surface area contributed by atoms with Crippen molar-refractivity contribution in [2.75, 3.05) is 0 Å². The predicted octanol–water partition coefficient (Wildman–Crippen LogP) is 5.79. The van der Waals surface area contributed by atoms with Crippen molar-refractivity contribution in [2.24, 2.45) is 0 Å². The zero-order valence-corrected chi connectivity index (χ0v) is 12.7. The Morgan fingerprint density at radius 2 is 1.26 bits per heavy atom. The molecule has 0 N–H and O–H groups in total. The molecule has 0 atom stereocenters. The average Bonchev–Trinajstić information content (AvgIpc) is 2.52. The summed E-state index contributed by atoms with van der Waals surface area (Å²) in [6.07, 6.45) is 0. The minimum atomic E-state index is -0.422. The van der Waals surface area contributed by atoms with Gasteiger partial charge in [-0.05, 0) is 28.8 Å². The quantitative estimate of drug-likeness (QED) is 0.635. The molecule has 0 amide bonds. The normalized spacial score (nSPS) is 8.47. The Balaban J connectivity index is 0.000000741. The molecule has 2 rings (SSSR count). The Kier molecular flexibility index (Phi) is 9.46. The highest BCUT2D eigenvalue weighted by molar-refractivity contribution is 6.68. The fraction of sp³-hybridized carbons (Fsp3) is 0.235. The van der Waals surface area contributed by atoms with Crippen LogP contribution in [0.3, 0.4) is 0 Å². The van der Waals surface area contributed by atoms with Crippen molar-refractivity contribution >= 4 is 16.8 Å². The van der Waals surface area contributed by atoms with Crippen LogP contribution in [-0.4, -0.2) is 5.24 Å². The van der Waals surface area contributed by atoms with Crippen molar-refractivity contribution in [3.8, 4) is 11.1 Å². The second-order valence-corrected chi connectivity index (χ2v) is 3.53. The maximum absolute atomic E-state index is 11.2. The first kappa shape index (κ1) is 17.4. The van der Waals surface area contributed by atoms with E-state index in [2.05, 4.69) is 0 Å². The molecule has 19 heavy (non-hydrogen) atoms. The highest BCUT2D eigenvalue weighted by Crippen LogP contribution is 2.24. The largest absolute Gasteiger partial charge is 0.276 e. The molecule has 0 unspecified atom stereocenters. The fourth-order valence-electron chi connectivity index (χ4n) is 1.52. The summed E-state index contributed by atoms with van der Waals surface area (Å²) in [4.78, 5) is 11.2. The van der Waals surface area contributed by atoms with E-state index in [0.29, 0.717) is 5.56 Å². The van der Waals surface area contributed by atoms with Gasteiger partial charge in [-0.25, -0.2) is 0 Å². The lowest BCUT2D eigenvalue weighted by atomic mass is 10.0. The molecule has 2 aromatic rings. The highest BCUT2D eigenvalue weighted by atomic mass is 35.5. The van der Waals surface area contributed by atoms with Gasteiger partial charge in [-0.15, -0.1) is 0 Å². The lowest BCUT2D eigenvalue weighted by Crippen LogP contribution is -1.92. The van der Waals surface area contributed by atoms with E-state index in [-0.39, 0.29) is 0 Å². The van der Waals surface area contributed by atoms with Gasteiger partial charge in [-0.3, -0.25) is 4.79 Å². The summed E-state index contributed by atoms with van der Waals surface area (Å²) in [5.74, 6) is 0. The molecule has 0 spiro atoms. The van der Waals surface area contributed by atoms with E-state index in [1.54, 1.807) is 6.07 Å². The minimum Gasteiger partial charge on any atom is -0.276 e. The Hall–Kier alpha value is -1.60. The molecule has 0 aromatic heterocycles. The van der Waals surface area contributed by atoms with Crippen LogP contribution in [0.15, 0.2) is 54.6 Å². The number of hydrogen-bond acceptors (Lipinski definition) is 1. The van der Waals surface area contributed by atoms with Crippen LogP contribution >= 0.6 is 11.6 Å². The van der Waals surface area contributed by atoms with Crippen molar-refractivity contribution < 1.29 is 4.79 Å². The Labute approximate surface area is 121 Å². The molecule has 0 aliphatic heterocycles. The second kappa shape index (κ2) is 10.3. The fourth-order valence-corrected chi connectivity index (χ4v) is 1.69. The van der Waals surface area contributed by atoms with E-state index in [4.69, 9.17) is 11.6 Å². The van der Waals surface area contributed by atoms with Gasteiger partial charge >= 0.3 is 0 Å². The van der Waals surface area contributed by atoms with Crippen molar-refractivity contribution in [1.82, 2.24) is 0 Å². The zero-order chi connectivity index (χ0) is 14.7. The maximum Gasteiger partial charge on any atom is 0.253 e. The van der Waals surface area contributed by atoms with Crippen LogP contribution in [0.5, 0.6) is 0 Å². The van der Waals surface area contributed by atoms with Crippen LogP contribution < -0.4 is 0 Å². The zero-order valence-electron chi connectivity index (χ0n) is 12.0. The van der Waals surface area contributed by atoms with Gasteiger partial charge in [-0.2, -0.15) is 0 Å². The highest BCUT2D eigenvalue weighted by Gasteiger charge is 2.08. The summed E-state index contributed by atoms with van der Waals surface area (Å²) >= 11 is 5.52. The molecular formula is C17H21ClO. The van der Waals surface area contributed by atoms with Crippen LogP contribution in [0.2, 0.25) is 0 Å². The number of halogens is 1. The lowest BCUT2D eigenvalue weighted by molar-refractivity contribution is 0.108. The first-order valence-electron chi connectivity index (χ1n) is 6.63. The predicted molar refractivity (Wildman–Crippen MR) is 84.8 cm³/mol. The first-order chi connectivity index (χ1) is 9.29. The molecule has 0 saturated carbocycles. The van der Waals surface area contributed by atoms with E-state index in [0.717, 1.165) is 11.1 Å². The number of benzene rings is 2. The molecule has 0 heterocycles. The summed E-state index contributed by atoms with van der Waals surface area (Å²) < 4.78 is 0. The van der Waals surface area contributed by atoms with Gasteiger partial charge < -0.3 is 0 Å². The van der Waals surface area contributed by atoms with Gasteiger partial charge in [0.2, 0.25) is 0 Å². The Morgan fingerprint density at radius 1 is 0.789 bits per heavy atom. The van der Waals surface area contributed by atoms with Gasteiger partial charge in [0.15, 0.2) is 0 Å². The van der Waals surface area contributed by atoms with Crippen molar-refractivity contribution in [2.45, 2.75) is 27.7 Å². The van der Waals surface area contributed by atoms with Crippen LogP contribution in [0.4, 0.5) is 0 Å². The third-order valence-electron chi connectivity index (χ3n) is 2.22. The summed E-state index contributed by atoms with van der Waals surface area (Å²) in [6.45, 7) is 8.00.